The second-order valence-corrected chi connectivity index (χ2v) is 3.37. The smallest absolute Gasteiger partial charge is 0.341 e. The van der Waals surface area contributed by atoms with Gasteiger partial charge in [-0.2, -0.15) is 5.10 Å². The van der Waals surface area contributed by atoms with Gasteiger partial charge in [0.15, 0.2) is 0 Å². The van der Waals surface area contributed by atoms with Crippen molar-refractivity contribution in [3.05, 3.63) is 17.5 Å². The summed E-state index contributed by atoms with van der Waals surface area (Å²) in [5, 5.41) is 4.05. The van der Waals surface area contributed by atoms with Crippen LogP contribution in [-0.2, 0) is 18.2 Å². The Bertz CT molecular complexity index is 333. The molecule has 5 heteroatoms. The van der Waals surface area contributed by atoms with Crippen LogP contribution in [0.2, 0.25) is 0 Å². The van der Waals surface area contributed by atoms with Gasteiger partial charge in [0.1, 0.15) is 5.56 Å². The van der Waals surface area contributed by atoms with Gasteiger partial charge < -0.3 is 10.5 Å². The Balaban J connectivity index is 2.75. The summed E-state index contributed by atoms with van der Waals surface area (Å²) < 4.78 is 6.39. The van der Waals surface area contributed by atoms with E-state index in [0.29, 0.717) is 12.1 Å². The van der Waals surface area contributed by atoms with Crippen molar-refractivity contribution in [1.82, 2.24) is 9.78 Å². The monoisotopic (exact) mass is 211 g/mol. The lowest BCUT2D eigenvalue weighted by molar-refractivity contribution is 0.0599. The molecular weight excluding hydrogens is 194 g/mol. The molecule has 0 spiro atoms. The highest BCUT2D eigenvalue weighted by Crippen LogP contribution is 2.11. The fourth-order valence-corrected chi connectivity index (χ4v) is 1.48. The lowest BCUT2D eigenvalue weighted by Gasteiger charge is -2.04. The normalized spacial score (nSPS) is 10.3. The number of methoxy groups -OCH3 is 1. The zero-order chi connectivity index (χ0) is 11.3. The molecule has 84 valence electrons. The van der Waals surface area contributed by atoms with Gasteiger partial charge in [-0.25, -0.2) is 4.79 Å². The molecule has 15 heavy (non-hydrogen) atoms. The summed E-state index contributed by atoms with van der Waals surface area (Å²) >= 11 is 0. The Hall–Kier alpha value is -1.36. The number of esters is 1. The second kappa shape index (κ2) is 5.50. The first kappa shape index (κ1) is 11.7. The molecule has 0 atom stereocenters. The molecule has 0 aliphatic heterocycles. The van der Waals surface area contributed by atoms with E-state index in [0.717, 1.165) is 25.0 Å². The van der Waals surface area contributed by atoms with Crippen LogP contribution in [0.3, 0.4) is 0 Å². The Labute approximate surface area is 89.2 Å². The molecule has 1 aromatic rings. The number of hydrogen-bond donors (Lipinski definition) is 1. The molecule has 0 aromatic carbocycles. The Morgan fingerprint density at radius 2 is 2.33 bits per heavy atom. The van der Waals surface area contributed by atoms with Crippen molar-refractivity contribution in [2.24, 2.45) is 12.8 Å². The van der Waals surface area contributed by atoms with Crippen LogP contribution in [-0.4, -0.2) is 29.4 Å². The molecule has 0 radical (unpaired) electrons. The number of carbonyl (C=O) groups excluding carboxylic acids is 1. The molecule has 1 rings (SSSR count). The third-order valence-corrected chi connectivity index (χ3v) is 2.33. The van der Waals surface area contributed by atoms with Crippen molar-refractivity contribution in [2.45, 2.75) is 19.3 Å². The van der Waals surface area contributed by atoms with Crippen molar-refractivity contribution in [3.63, 3.8) is 0 Å². The van der Waals surface area contributed by atoms with Gasteiger partial charge in [-0.1, -0.05) is 0 Å². The van der Waals surface area contributed by atoms with Crippen LogP contribution >= 0.6 is 0 Å². The summed E-state index contributed by atoms with van der Waals surface area (Å²) in [6.07, 6.45) is 4.26. The van der Waals surface area contributed by atoms with Gasteiger partial charge in [0.05, 0.1) is 19.0 Å². The number of aromatic nitrogens is 2. The maximum absolute atomic E-state index is 11.4. The average Bonchev–Trinajstić information content (AvgIpc) is 2.60. The highest BCUT2D eigenvalue weighted by Gasteiger charge is 2.15. The first-order valence-electron chi connectivity index (χ1n) is 5.00. The van der Waals surface area contributed by atoms with Gasteiger partial charge in [0, 0.05) is 7.05 Å². The first-order chi connectivity index (χ1) is 7.20. The average molecular weight is 211 g/mol. The third-order valence-electron chi connectivity index (χ3n) is 2.33. The number of aryl methyl sites for hydroxylation is 1. The van der Waals surface area contributed by atoms with Crippen LogP contribution in [0.1, 0.15) is 28.9 Å². The van der Waals surface area contributed by atoms with Crippen LogP contribution in [0, 0.1) is 0 Å². The van der Waals surface area contributed by atoms with Crippen LogP contribution < -0.4 is 5.73 Å². The zero-order valence-corrected chi connectivity index (χ0v) is 9.19. The fraction of sp³-hybridized carbons (Fsp3) is 0.600. The first-order valence-corrected chi connectivity index (χ1v) is 5.00. The fourth-order valence-electron chi connectivity index (χ4n) is 1.48. The van der Waals surface area contributed by atoms with Crippen molar-refractivity contribution < 1.29 is 9.53 Å². The number of nitrogens with two attached hydrogens (primary N) is 1. The maximum atomic E-state index is 11.4. The topological polar surface area (TPSA) is 70.1 Å². The maximum Gasteiger partial charge on any atom is 0.341 e. The third kappa shape index (κ3) is 2.79. The van der Waals surface area contributed by atoms with Crippen molar-refractivity contribution in [2.75, 3.05) is 13.7 Å². The van der Waals surface area contributed by atoms with Gasteiger partial charge in [0.25, 0.3) is 0 Å². The molecule has 1 aromatic heterocycles. The molecular formula is C10H17N3O2. The summed E-state index contributed by atoms with van der Waals surface area (Å²) in [5.74, 6) is -0.328. The quantitative estimate of drug-likeness (QED) is 0.568. The van der Waals surface area contributed by atoms with E-state index in [1.807, 2.05) is 7.05 Å². The molecule has 0 fully saturated rings. The Morgan fingerprint density at radius 3 is 2.93 bits per heavy atom. The summed E-state index contributed by atoms with van der Waals surface area (Å²) in [5.41, 5.74) is 6.88. The molecule has 0 saturated carbocycles. The highest BCUT2D eigenvalue weighted by atomic mass is 16.5. The minimum Gasteiger partial charge on any atom is -0.465 e. The van der Waals surface area contributed by atoms with Gasteiger partial charge in [0.2, 0.25) is 0 Å². The zero-order valence-electron chi connectivity index (χ0n) is 9.19. The molecule has 2 N–H and O–H groups in total. The van der Waals surface area contributed by atoms with Crippen molar-refractivity contribution in [1.29, 1.82) is 0 Å². The summed E-state index contributed by atoms with van der Waals surface area (Å²) in [7, 11) is 3.20. The van der Waals surface area contributed by atoms with E-state index in [4.69, 9.17) is 5.73 Å². The SMILES string of the molecule is COC(=O)c1cnn(C)c1CCCCN. The number of ether oxygens (including phenoxy) is 1. The van der Waals surface area contributed by atoms with Gasteiger partial charge in [-0.15, -0.1) is 0 Å². The van der Waals surface area contributed by atoms with Crippen molar-refractivity contribution in [3.8, 4) is 0 Å². The van der Waals surface area contributed by atoms with Gasteiger partial charge in [-0.05, 0) is 25.8 Å². The van der Waals surface area contributed by atoms with E-state index in [-0.39, 0.29) is 5.97 Å². The van der Waals surface area contributed by atoms with Crippen LogP contribution in [0.25, 0.3) is 0 Å². The molecule has 0 bridgehead atoms. The van der Waals surface area contributed by atoms with Gasteiger partial charge in [-0.3, -0.25) is 4.68 Å². The minimum atomic E-state index is -0.328. The summed E-state index contributed by atoms with van der Waals surface area (Å²) in [6.45, 7) is 0.672. The Morgan fingerprint density at radius 1 is 1.60 bits per heavy atom. The van der Waals surface area contributed by atoms with Crippen LogP contribution in [0.4, 0.5) is 0 Å². The molecule has 0 saturated heterocycles. The molecule has 0 aliphatic carbocycles. The lowest BCUT2D eigenvalue weighted by atomic mass is 10.1. The predicted octanol–water partition coefficient (Wildman–Crippen LogP) is 0.488. The van der Waals surface area contributed by atoms with E-state index >= 15 is 0 Å². The number of rotatable bonds is 5. The van der Waals surface area contributed by atoms with Gasteiger partial charge >= 0.3 is 5.97 Å². The minimum absolute atomic E-state index is 0.328. The van der Waals surface area contributed by atoms with E-state index in [9.17, 15) is 4.79 Å². The standard InChI is InChI=1S/C10H17N3O2/c1-13-9(5-3-4-6-11)8(7-12-13)10(14)15-2/h7H,3-6,11H2,1-2H3. The molecule has 0 amide bonds. The molecule has 5 nitrogen and oxygen atoms in total. The highest BCUT2D eigenvalue weighted by molar-refractivity contribution is 5.90. The second-order valence-electron chi connectivity index (χ2n) is 3.37. The Kier molecular flexibility index (Phi) is 4.30. The molecule has 0 unspecified atom stereocenters. The number of unbranched alkanes of at least 4 members (excludes halogenated alkanes) is 1. The van der Waals surface area contributed by atoms with Crippen LogP contribution in [0.15, 0.2) is 6.20 Å². The van der Waals surface area contributed by atoms with E-state index in [1.165, 1.54) is 7.11 Å². The number of carbonyl (C=O) groups is 1. The lowest BCUT2D eigenvalue weighted by Crippen LogP contribution is -2.08. The summed E-state index contributed by atoms with van der Waals surface area (Å²) in [6, 6.07) is 0. The largest absolute Gasteiger partial charge is 0.465 e. The number of nitrogens with zero attached hydrogens (tertiary/aromatic N) is 2. The molecule has 0 aliphatic rings. The molecule has 1 heterocycles. The van der Waals surface area contributed by atoms with E-state index in [1.54, 1.807) is 10.9 Å². The number of hydrogen-bond acceptors (Lipinski definition) is 4. The summed E-state index contributed by atoms with van der Waals surface area (Å²) in [4.78, 5) is 11.4. The van der Waals surface area contributed by atoms with E-state index in [2.05, 4.69) is 9.84 Å². The van der Waals surface area contributed by atoms with Crippen molar-refractivity contribution >= 4 is 5.97 Å². The van der Waals surface area contributed by atoms with E-state index < -0.39 is 0 Å². The predicted molar refractivity (Wildman–Crippen MR) is 56.5 cm³/mol. The van der Waals surface area contributed by atoms with Crippen LogP contribution in [0.5, 0.6) is 0 Å².